The van der Waals surface area contributed by atoms with Gasteiger partial charge < -0.3 is 9.47 Å². The fourth-order valence-corrected chi connectivity index (χ4v) is 4.05. The van der Waals surface area contributed by atoms with Crippen LogP contribution in [0.4, 0.5) is 0 Å². The summed E-state index contributed by atoms with van der Waals surface area (Å²) in [6.45, 7) is 0.699. The molecular formula is C27H24N6O3. The first kappa shape index (κ1) is 21.8. The maximum Gasteiger partial charge on any atom is 0.216 e. The van der Waals surface area contributed by atoms with Gasteiger partial charge in [0.2, 0.25) is 11.3 Å². The molecule has 0 saturated heterocycles. The maximum absolute atomic E-state index is 12.8. The average molecular weight is 481 g/mol. The number of para-hydroxylation sites is 1. The molecule has 9 nitrogen and oxygen atoms in total. The minimum atomic E-state index is -0.200. The summed E-state index contributed by atoms with van der Waals surface area (Å²) in [5.74, 6) is 1.91. The molecule has 0 spiro atoms. The molecule has 3 heterocycles. The van der Waals surface area contributed by atoms with Crippen molar-refractivity contribution in [3.8, 4) is 40.1 Å². The highest BCUT2D eigenvalue weighted by atomic mass is 16.5. The molecule has 0 aliphatic heterocycles. The van der Waals surface area contributed by atoms with Gasteiger partial charge in [0.1, 0.15) is 11.4 Å². The van der Waals surface area contributed by atoms with E-state index < -0.39 is 0 Å². The van der Waals surface area contributed by atoms with Gasteiger partial charge in [-0.3, -0.25) is 4.79 Å². The van der Waals surface area contributed by atoms with Gasteiger partial charge in [0.25, 0.3) is 0 Å². The smallest absolute Gasteiger partial charge is 0.216 e. The average Bonchev–Trinajstić information content (AvgIpc) is 3.41. The van der Waals surface area contributed by atoms with E-state index in [0.717, 1.165) is 11.4 Å². The van der Waals surface area contributed by atoms with Crippen molar-refractivity contribution in [2.24, 2.45) is 5.92 Å². The van der Waals surface area contributed by atoms with Gasteiger partial charge in [0.15, 0.2) is 5.69 Å². The molecule has 0 atom stereocenters. The van der Waals surface area contributed by atoms with Crippen LogP contribution in [0.25, 0.3) is 28.5 Å². The number of aromatic nitrogens is 6. The third kappa shape index (κ3) is 4.15. The molecule has 1 fully saturated rings. The lowest BCUT2D eigenvalue weighted by Crippen LogP contribution is -2.15. The lowest BCUT2D eigenvalue weighted by Gasteiger charge is -2.15. The van der Waals surface area contributed by atoms with Crippen LogP contribution in [0.15, 0.2) is 90.1 Å². The van der Waals surface area contributed by atoms with Gasteiger partial charge in [0.05, 0.1) is 43.2 Å². The van der Waals surface area contributed by atoms with E-state index in [-0.39, 0.29) is 11.1 Å². The predicted octanol–water partition coefficient (Wildman–Crippen LogP) is 4.07. The normalized spacial score (nSPS) is 13.0. The number of hydrogen-bond acceptors (Lipinski definition) is 6. The molecule has 1 aliphatic carbocycles. The summed E-state index contributed by atoms with van der Waals surface area (Å²) in [5, 5.41) is 13.5. The zero-order chi connectivity index (χ0) is 24.5. The van der Waals surface area contributed by atoms with Crippen molar-refractivity contribution in [3.05, 3.63) is 95.5 Å². The first-order valence-electron chi connectivity index (χ1n) is 11.8. The molecule has 9 heteroatoms. The van der Waals surface area contributed by atoms with E-state index in [2.05, 4.69) is 15.3 Å². The van der Waals surface area contributed by atoms with Crippen LogP contribution in [0.1, 0.15) is 12.8 Å². The number of nitrogens with zero attached hydrogens (tertiary/aromatic N) is 6. The fraction of sp³-hybridized carbons (Fsp3) is 0.185. The SMILES string of the molecule is COc1cc(-n2nccc2OCC2CC2)ccc1-n1ccc(=O)c(-c2ccnn2-c2ccccc2)n1. The maximum atomic E-state index is 12.8. The zero-order valence-corrected chi connectivity index (χ0v) is 19.7. The standard InChI is InChI=1S/C27H24N6O3/c1-35-25-17-21(33-26(12-15-29-33)36-18-19-7-8-19)9-10-22(25)31-16-13-24(34)27(30-31)23-11-14-28-32(23)20-5-3-2-4-6-20/h2-6,9-17,19H,7-8,18H2,1H3. The van der Waals surface area contributed by atoms with Crippen LogP contribution in [0, 0.1) is 5.92 Å². The van der Waals surface area contributed by atoms with E-state index in [1.807, 2.05) is 54.6 Å². The third-order valence-corrected chi connectivity index (χ3v) is 6.12. The molecule has 0 bridgehead atoms. The zero-order valence-electron chi connectivity index (χ0n) is 19.7. The van der Waals surface area contributed by atoms with E-state index in [1.54, 1.807) is 45.8 Å². The molecule has 36 heavy (non-hydrogen) atoms. The molecule has 0 amide bonds. The van der Waals surface area contributed by atoms with Crippen LogP contribution in [-0.4, -0.2) is 43.1 Å². The van der Waals surface area contributed by atoms with Gasteiger partial charge in [0, 0.05) is 24.4 Å². The van der Waals surface area contributed by atoms with Gasteiger partial charge >= 0.3 is 0 Å². The highest BCUT2D eigenvalue weighted by Gasteiger charge is 2.23. The van der Waals surface area contributed by atoms with Gasteiger partial charge in [-0.25, -0.2) is 14.0 Å². The van der Waals surface area contributed by atoms with E-state index in [4.69, 9.17) is 9.47 Å². The predicted molar refractivity (Wildman–Crippen MR) is 134 cm³/mol. The van der Waals surface area contributed by atoms with Crippen LogP contribution in [-0.2, 0) is 0 Å². The molecule has 5 aromatic rings. The van der Waals surface area contributed by atoms with Crippen LogP contribution in [0.2, 0.25) is 0 Å². The van der Waals surface area contributed by atoms with Crippen molar-refractivity contribution in [1.29, 1.82) is 0 Å². The summed E-state index contributed by atoms with van der Waals surface area (Å²) >= 11 is 0. The summed E-state index contributed by atoms with van der Waals surface area (Å²) in [7, 11) is 1.60. The monoisotopic (exact) mass is 480 g/mol. The molecule has 0 radical (unpaired) electrons. The molecule has 0 unspecified atom stereocenters. The molecule has 3 aromatic heterocycles. The minimum Gasteiger partial charge on any atom is -0.494 e. The Morgan fingerprint density at radius 1 is 0.917 bits per heavy atom. The van der Waals surface area contributed by atoms with Crippen LogP contribution in [0.3, 0.4) is 0 Å². The lowest BCUT2D eigenvalue weighted by atomic mass is 10.2. The Hall–Kier alpha value is -4.66. The van der Waals surface area contributed by atoms with Gasteiger partial charge in [-0.2, -0.15) is 15.3 Å². The molecule has 1 saturated carbocycles. The number of rotatable bonds is 8. The second-order valence-electron chi connectivity index (χ2n) is 8.63. The Balaban J connectivity index is 1.37. The van der Waals surface area contributed by atoms with Crippen molar-refractivity contribution in [2.75, 3.05) is 13.7 Å². The largest absolute Gasteiger partial charge is 0.494 e. The molecular weight excluding hydrogens is 456 g/mol. The van der Waals surface area contributed by atoms with Crippen molar-refractivity contribution in [3.63, 3.8) is 0 Å². The van der Waals surface area contributed by atoms with Crippen molar-refractivity contribution >= 4 is 0 Å². The Morgan fingerprint density at radius 2 is 1.72 bits per heavy atom. The molecule has 1 aliphatic rings. The van der Waals surface area contributed by atoms with E-state index in [9.17, 15) is 4.79 Å². The topological polar surface area (TPSA) is 89.0 Å². The highest BCUT2D eigenvalue weighted by molar-refractivity contribution is 5.58. The van der Waals surface area contributed by atoms with Crippen molar-refractivity contribution in [1.82, 2.24) is 29.3 Å². The first-order valence-corrected chi connectivity index (χ1v) is 11.8. The van der Waals surface area contributed by atoms with Gasteiger partial charge in [-0.15, -0.1) is 0 Å². The van der Waals surface area contributed by atoms with Crippen LogP contribution >= 0.6 is 0 Å². The fourth-order valence-electron chi connectivity index (χ4n) is 4.05. The Morgan fingerprint density at radius 3 is 2.53 bits per heavy atom. The number of methoxy groups -OCH3 is 1. The van der Waals surface area contributed by atoms with Crippen molar-refractivity contribution in [2.45, 2.75) is 12.8 Å². The van der Waals surface area contributed by atoms with Gasteiger partial charge in [-0.1, -0.05) is 18.2 Å². The second-order valence-corrected chi connectivity index (χ2v) is 8.63. The van der Waals surface area contributed by atoms with Crippen molar-refractivity contribution < 1.29 is 9.47 Å². The Labute approximate surface area is 207 Å². The van der Waals surface area contributed by atoms with Gasteiger partial charge in [-0.05, 0) is 49.1 Å². The molecule has 2 aromatic carbocycles. The second kappa shape index (κ2) is 9.18. The van der Waals surface area contributed by atoms with E-state index in [0.29, 0.717) is 35.5 Å². The summed E-state index contributed by atoms with van der Waals surface area (Å²) in [4.78, 5) is 12.8. The Kier molecular flexibility index (Phi) is 5.57. The molecule has 6 rings (SSSR count). The summed E-state index contributed by atoms with van der Waals surface area (Å²) in [6, 6.07) is 20.4. The molecule has 180 valence electrons. The third-order valence-electron chi connectivity index (χ3n) is 6.12. The van der Waals surface area contributed by atoms with E-state index in [1.165, 1.54) is 18.9 Å². The van der Waals surface area contributed by atoms with Crippen LogP contribution in [0.5, 0.6) is 11.6 Å². The summed E-state index contributed by atoms with van der Waals surface area (Å²) < 4.78 is 16.7. The minimum absolute atomic E-state index is 0.200. The van der Waals surface area contributed by atoms with Crippen LogP contribution < -0.4 is 14.9 Å². The highest BCUT2D eigenvalue weighted by Crippen LogP contribution is 2.31. The number of hydrogen-bond donors (Lipinski definition) is 0. The number of ether oxygens (including phenoxy) is 2. The quantitative estimate of drug-likeness (QED) is 0.333. The Bertz CT molecular complexity index is 1570. The first-order chi connectivity index (χ1) is 17.7. The molecule has 0 N–H and O–H groups in total. The lowest BCUT2D eigenvalue weighted by molar-refractivity contribution is 0.280. The summed E-state index contributed by atoms with van der Waals surface area (Å²) in [6.07, 6.45) is 7.44. The number of benzene rings is 2. The summed E-state index contributed by atoms with van der Waals surface area (Å²) in [5.41, 5.74) is 3.01. The van der Waals surface area contributed by atoms with E-state index >= 15 is 0 Å².